The highest BCUT2D eigenvalue weighted by molar-refractivity contribution is 5.92. The standard InChI is InChI=1S/C12H17N3O3/c1-17-11-5-10(18-14-11)12(16)15-4-2-3-8-6-13-7-9(8)15/h5,8-9,13H,2-4,6-7H2,1H3. The van der Waals surface area contributed by atoms with Crippen LogP contribution in [0.4, 0.5) is 0 Å². The van der Waals surface area contributed by atoms with Crippen LogP contribution in [0.3, 0.4) is 0 Å². The van der Waals surface area contributed by atoms with Gasteiger partial charge in [-0.3, -0.25) is 4.79 Å². The van der Waals surface area contributed by atoms with E-state index in [4.69, 9.17) is 9.26 Å². The van der Waals surface area contributed by atoms with Gasteiger partial charge >= 0.3 is 0 Å². The molecule has 1 N–H and O–H groups in total. The molecular formula is C12H17N3O3. The number of piperidine rings is 1. The molecule has 1 aromatic heterocycles. The molecule has 2 aliphatic rings. The van der Waals surface area contributed by atoms with Crippen molar-refractivity contribution < 1.29 is 14.1 Å². The smallest absolute Gasteiger partial charge is 0.292 e. The summed E-state index contributed by atoms with van der Waals surface area (Å²) in [6.45, 7) is 2.68. The van der Waals surface area contributed by atoms with Crippen LogP contribution in [-0.2, 0) is 0 Å². The SMILES string of the molecule is COc1cc(C(=O)N2CCCC3CNCC32)on1. The molecule has 3 heterocycles. The van der Waals surface area contributed by atoms with Gasteiger partial charge in [-0.05, 0) is 23.9 Å². The molecule has 2 unspecified atom stereocenters. The maximum atomic E-state index is 12.4. The first-order valence-electron chi connectivity index (χ1n) is 6.32. The molecule has 0 radical (unpaired) electrons. The number of fused-ring (bicyclic) bond motifs is 1. The quantitative estimate of drug-likeness (QED) is 0.829. The number of hydrogen-bond acceptors (Lipinski definition) is 5. The van der Waals surface area contributed by atoms with E-state index in [1.807, 2.05) is 4.90 Å². The predicted molar refractivity (Wildman–Crippen MR) is 63.5 cm³/mol. The van der Waals surface area contributed by atoms with E-state index >= 15 is 0 Å². The average molecular weight is 251 g/mol. The Morgan fingerprint density at radius 2 is 2.50 bits per heavy atom. The molecule has 2 fully saturated rings. The number of carbonyl (C=O) groups excluding carboxylic acids is 1. The average Bonchev–Trinajstić information content (AvgIpc) is 3.05. The molecule has 3 rings (SSSR count). The first-order chi connectivity index (χ1) is 8.79. The highest BCUT2D eigenvalue weighted by Crippen LogP contribution is 2.28. The van der Waals surface area contributed by atoms with Crippen molar-refractivity contribution in [1.82, 2.24) is 15.4 Å². The summed E-state index contributed by atoms with van der Waals surface area (Å²) in [7, 11) is 1.50. The van der Waals surface area contributed by atoms with Gasteiger partial charge in [-0.25, -0.2) is 0 Å². The molecule has 0 bridgehead atoms. The summed E-state index contributed by atoms with van der Waals surface area (Å²) in [5.74, 6) is 1.10. The van der Waals surface area contributed by atoms with Gasteiger partial charge < -0.3 is 19.5 Å². The van der Waals surface area contributed by atoms with Crippen LogP contribution in [0.15, 0.2) is 10.6 Å². The summed E-state index contributed by atoms with van der Waals surface area (Å²) in [6.07, 6.45) is 2.25. The Balaban J connectivity index is 1.78. The lowest BCUT2D eigenvalue weighted by atomic mass is 9.92. The van der Waals surface area contributed by atoms with Crippen LogP contribution in [0.1, 0.15) is 23.4 Å². The molecule has 0 aromatic carbocycles. The summed E-state index contributed by atoms with van der Waals surface area (Å²) in [5.41, 5.74) is 0. The molecule has 18 heavy (non-hydrogen) atoms. The number of nitrogens with one attached hydrogen (secondary N) is 1. The van der Waals surface area contributed by atoms with Gasteiger partial charge in [-0.1, -0.05) is 0 Å². The van der Waals surface area contributed by atoms with Crippen molar-refractivity contribution in [2.75, 3.05) is 26.7 Å². The van der Waals surface area contributed by atoms with Gasteiger partial charge in [0.15, 0.2) is 0 Å². The van der Waals surface area contributed by atoms with Crippen molar-refractivity contribution in [2.24, 2.45) is 5.92 Å². The van der Waals surface area contributed by atoms with Crippen LogP contribution in [0.25, 0.3) is 0 Å². The summed E-state index contributed by atoms with van der Waals surface area (Å²) >= 11 is 0. The van der Waals surface area contributed by atoms with Crippen molar-refractivity contribution in [1.29, 1.82) is 0 Å². The lowest BCUT2D eigenvalue weighted by molar-refractivity contribution is 0.0533. The maximum Gasteiger partial charge on any atom is 0.292 e. The van der Waals surface area contributed by atoms with E-state index in [1.54, 1.807) is 6.07 Å². The Labute approximate surface area is 105 Å². The molecule has 2 aliphatic heterocycles. The molecule has 6 nitrogen and oxygen atoms in total. The lowest BCUT2D eigenvalue weighted by Gasteiger charge is -2.36. The minimum atomic E-state index is -0.0794. The van der Waals surface area contributed by atoms with Crippen LogP contribution in [0.2, 0.25) is 0 Å². The summed E-state index contributed by atoms with van der Waals surface area (Å²) in [6, 6.07) is 1.84. The largest absolute Gasteiger partial charge is 0.479 e. The molecule has 2 saturated heterocycles. The second-order valence-corrected chi connectivity index (χ2v) is 4.86. The van der Waals surface area contributed by atoms with Gasteiger partial charge in [0, 0.05) is 25.7 Å². The second kappa shape index (κ2) is 4.61. The normalized spacial score (nSPS) is 27.1. The van der Waals surface area contributed by atoms with Crippen molar-refractivity contribution >= 4 is 5.91 Å². The number of nitrogens with zero attached hydrogens (tertiary/aromatic N) is 2. The van der Waals surface area contributed by atoms with Gasteiger partial charge in [0.05, 0.1) is 13.2 Å². The molecule has 98 valence electrons. The monoisotopic (exact) mass is 251 g/mol. The molecule has 0 spiro atoms. The summed E-state index contributed by atoms with van der Waals surface area (Å²) in [5, 5.41) is 7.03. The number of rotatable bonds is 2. The number of carbonyl (C=O) groups is 1. The summed E-state index contributed by atoms with van der Waals surface area (Å²) in [4.78, 5) is 14.3. The molecule has 1 amide bonds. The third-order valence-corrected chi connectivity index (χ3v) is 3.85. The third-order valence-electron chi connectivity index (χ3n) is 3.85. The van der Waals surface area contributed by atoms with Gasteiger partial charge in [-0.2, -0.15) is 0 Å². The zero-order valence-corrected chi connectivity index (χ0v) is 10.4. The fourth-order valence-corrected chi connectivity index (χ4v) is 2.92. The van der Waals surface area contributed by atoms with Crippen LogP contribution >= 0.6 is 0 Å². The van der Waals surface area contributed by atoms with Crippen molar-refractivity contribution in [3.8, 4) is 5.88 Å². The van der Waals surface area contributed by atoms with E-state index in [0.29, 0.717) is 17.8 Å². The Morgan fingerprint density at radius 1 is 1.61 bits per heavy atom. The Hall–Kier alpha value is -1.56. The fourth-order valence-electron chi connectivity index (χ4n) is 2.92. The van der Waals surface area contributed by atoms with Crippen LogP contribution in [0, 0.1) is 5.92 Å². The van der Waals surface area contributed by atoms with Gasteiger partial charge in [-0.15, -0.1) is 0 Å². The van der Waals surface area contributed by atoms with E-state index in [9.17, 15) is 4.79 Å². The highest BCUT2D eigenvalue weighted by Gasteiger charge is 2.38. The van der Waals surface area contributed by atoms with E-state index in [2.05, 4.69) is 10.5 Å². The number of methoxy groups -OCH3 is 1. The Kier molecular flexibility index (Phi) is 2.95. The van der Waals surface area contributed by atoms with Crippen molar-refractivity contribution in [2.45, 2.75) is 18.9 Å². The van der Waals surface area contributed by atoms with Crippen LogP contribution in [0.5, 0.6) is 5.88 Å². The van der Waals surface area contributed by atoms with E-state index in [0.717, 1.165) is 26.1 Å². The predicted octanol–water partition coefficient (Wildman–Crippen LogP) is 0.507. The molecular weight excluding hydrogens is 234 g/mol. The van der Waals surface area contributed by atoms with Crippen LogP contribution < -0.4 is 10.1 Å². The Morgan fingerprint density at radius 3 is 3.28 bits per heavy atom. The van der Waals surface area contributed by atoms with Crippen molar-refractivity contribution in [3.05, 3.63) is 11.8 Å². The minimum Gasteiger partial charge on any atom is -0.479 e. The van der Waals surface area contributed by atoms with Gasteiger partial charge in [0.2, 0.25) is 5.76 Å². The van der Waals surface area contributed by atoms with Crippen LogP contribution in [-0.4, -0.2) is 48.7 Å². The molecule has 1 aromatic rings. The number of aromatic nitrogens is 1. The third kappa shape index (κ3) is 1.86. The number of likely N-dealkylation sites (tertiary alicyclic amines) is 1. The maximum absolute atomic E-state index is 12.4. The lowest BCUT2D eigenvalue weighted by Crippen LogP contribution is -2.48. The molecule has 2 atom stereocenters. The fraction of sp³-hybridized carbons (Fsp3) is 0.667. The van der Waals surface area contributed by atoms with E-state index in [-0.39, 0.29) is 11.7 Å². The zero-order valence-electron chi connectivity index (χ0n) is 10.4. The zero-order chi connectivity index (χ0) is 12.5. The van der Waals surface area contributed by atoms with Crippen molar-refractivity contribution in [3.63, 3.8) is 0 Å². The van der Waals surface area contributed by atoms with Gasteiger partial charge in [0.25, 0.3) is 11.8 Å². The number of amides is 1. The molecule has 0 aliphatic carbocycles. The topological polar surface area (TPSA) is 67.6 Å². The van der Waals surface area contributed by atoms with Gasteiger partial charge in [0.1, 0.15) is 0 Å². The number of hydrogen-bond donors (Lipinski definition) is 1. The minimum absolute atomic E-state index is 0.0794. The first-order valence-corrected chi connectivity index (χ1v) is 6.32. The number of ether oxygens (including phenoxy) is 1. The van der Waals surface area contributed by atoms with E-state index < -0.39 is 0 Å². The summed E-state index contributed by atoms with van der Waals surface area (Å²) < 4.78 is 9.96. The molecule has 0 saturated carbocycles. The first kappa shape index (κ1) is 11.5. The molecule has 6 heteroatoms. The highest BCUT2D eigenvalue weighted by atomic mass is 16.5. The second-order valence-electron chi connectivity index (χ2n) is 4.86. The Bertz CT molecular complexity index is 446. The van der Waals surface area contributed by atoms with E-state index in [1.165, 1.54) is 13.5 Å².